The molecule has 0 aliphatic carbocycles. The van der Waals surface area contributed by atoms with E-state index in [9.17, 15) is 4.79 Å². The van der Waals surface area contributed by atoms with Crippen LogP contribution in [0.25, 0.3) is 21.8 Å². The number of benzene rings is 2. The molecule has 0 atom stereocenters. The summed E-state index contributed by atoms with van der Waals surface area (Å²) in [5.41, 5.74) is 2.85. The minimum absolute atomic E-state index is 0.424. The van der Waals surface area contributed by atoms with E-state index in [1.165, 1.54) is 21.8 Å². The number of hydrogen-bond acceptors (Lipinski definition) is 1. The lowest BCUT2D eigenvalue weighted by atomic mass is 10.2. The van der Waals surface area contributed by atoms with Crippen molar-refractivity contribution < 1.29 is 9.90 Å². The molecule has 0 unspecified atom stereocenters. The summed E-state index contributed by atoms with van der Waals surface area (Å²) < 4.78 is 0. The van der Waals surface area contributed by atoms with Crippen molar-refractivity contribution in [2.24, 2.45) is 0 Å². The SMILES string of the molecule is CCC=C(C)C(=O)O.c1ccc2c(c1)[nH]c1ccccc12. The fourth-order valence-corrected chi connectivity index (χ4v) is 2.19. The van der Waals surface area contributed by atoms with Gasteiger partial charge in [0.25, 0.3) is 0 Å². The Morgan fingerprint density at radius 1 is 1.05 bits per heavy atom. The van der Waals surface area contributed by atoms with Crippen LogP contribution >= 0.6 is 0 Å². The van der Waals surface area contributed by atoms with Gasteiger partial charge in [-0.2, -0.15) is 0 Å². The number of hydrogen-bond donors (Lipinski definition) is 2. The van der Waals surface area contributed by atoms with Crippen molar-refractivity contribution in [2.75, 3.05) is 0 Å². The van der Waals surface area contributed by atoms with Crippen LogP contribution in [0.15, 0.2) is 60.2 Å². The van der Waals surface area contributed by atoms with Crippen LogP contribution in [-0.4, -0.2) is 16.1 Å². The Balaban J connectivity index is 0.000000177. The van der Waals surface area contributed by atoms with E-state index < -0.39 is 5.97 Å². The van der Waals surface area contributed by atoms with Crippen molar-refractivity contribution in [1.29, 1.82) is 0 Å². The standard InChI is InChI=1S/C12H9N.C6H10O2/c1-3-7-11-9(5-1)10-6-2-4-8-12(10)13-11;1-3-4-5(2)6(7)8/h1-8,13H;4H,3H2,1-2H3,(H,7,8). The Bertz CT molecular complexity index is 734. The maximum atomic E-state index is 10.0. The molecule has 1 aromatic heterocycles. The lowest BCUT2D eigenvalue weighted by Crippen LogP contribution is -1.94. The minimum Gasteiger partial charge on any atom is -0.478 e. The van der Waals surface area contributed by atoms with Crippen molar-refractivity contribution >= 4 is 27.8 Å². The van der Waals surface area contributed by atoms with Crippen molar-refractivity contribution in [2.45, 2.75) is 20.3 Å². The van der Waals surface area contributed by atoms with Crippen molar-refractivity contribution in [3.05, 3.63) is 60.2 Å². The maximum absolute atomic E-state index is 10.0. The second kappa shape index (κ2) is 6.75. The minimum atomic E-state index is -0.827. The molecule has 0 radical (unpaired) electrons. The average molecular weight is 281 g/mol. The van der Waals surface area contributed by atoms with E-state index in [2.05, 4.69) is 53.5 Å². The molecular weight excluding hydrogens is 262 g/mol. The van der Waals surface area contributed by atoms with Gasteiger partial charge in [-0.3, -0.25) is 0 Å². The second-order valence-corrected chi connectivity index (χ2v) is 4.82. The first-order chi connectivity index (χ1) is 10.1. The highest BCUT2D eigenvalue weighted by Crippen LogP contribution is 2.24. The van der Waals surface area contributed by atoms with Crippen LogP contribution in [0.1, 0.15) is 20.3 Å². The number of aromatic nitrogens is 1. The zero-order valence-electron chi connectivity index (χ0n) is 12.3. The van der Waals surface area contributed by atoms with Crippen molar-refractivity contribution in [1.82, 2.24) is 4.98 Å². The van der Waals surface area contributed by atoms with E-state index >= 15 is 0 Å². The summed E-state index contributed by atoms with van der Waals surface area (Å²) in [4.78, 5) is 13.4. The molecule has 0 aliphatic heterocycles. The van der Waals surface area contributed by atoms with Crippen LogP contribution in [0.4, 0.5) is 0 Å². The van der Waals surface area contributed by atoms with Gasteiger partial charge in [-0.1, -0.05) is 49.4 Å². The number of H-pyrrole nitrogens is 1. The van der Waals surface area contributed by atoms with E-state index in [4.69, 9.17) is 5.11 Å². The van der Waals surface area contributed by atoms with Crippen molar-refractivity contribution in [3.8, 4) is 0 Å². The number of carboxylic acids is 1. The average Bonchev–Trinajstić information content (AvgIpc) is 2.86. The number of aliphatic carboxylic acids is 1. The number of aromatic amines is 1. The highest BCUT2D eigenvalue weighted by atomic mass is 16.4. The lowest BCUT2D eigenvalue weighted by molar-refractivity contribution is -0.132. The van der Waals surface area contributed by atoms with Gasteiger partial charge in [0.15, 0.2) is 0 Å². The second-order valence-electron chi connectivity index (χ2n) is 4.82. The topological polar surface area (TPSA) is 53.1 Å². The molecule has 3 aromatic rings. The Morgan fingerprint density at radius 2 is 1.52 bits per heavy atom. The van der Waals surface area contributed by atoms with E-state index in [0.717, 1.165) is 6.42 Å². The van der Waals surface area contributed by atoms with Crippen LogP contribution in [0.2, 0.25) is 0 Å². The molecule has 2 aromatic carbocycles. The van der Waals surface area contributed by atoms with Gasteiger partial charge in [0.2, 0.25) is 0 Å². The zero-order valence-corrected chi connectivity index (χ0v) is 12.3. The van der Waals surface area contributed by atoms with E-state index in [-0.39, 0.29) is 0 Å². The van der Waals surface area contributed by atoms with Crippen LogP contribution in [-0.2, 0) is 4.79 Å². The monoisotopic (exact) mass is 281 g/mol. The largest absolute Gasteiger partial charge is 0.478 e. The van der Waals surface area contributed by atoms with Gasteiger partial charge in [-0.25, -0.2) is 4.79 Å². The number of allylic oxidation sites excluding steroid dienone is 1. The highest BCUT2D eigenvalue weighted by Gasteiger charge is 2.00. The third-order valence-corrected chi connectivity index (χ3v) is 3.26. The third kappa shape index (κ3) is 3.51. The highest BCUT2D eigenvalue weighted by molar-refractivity contribution is 6.06. The molecule has 2 N–H and O–H groups in total. The summed E-state index contributed by atoms with van der Waals surface area (Å²) in [6, 6.07) is 16.8. The molecule has 0 saturated heterocycles. The first kappa shape index (κ1) is 14.9. The number of fused-ring (bicyclic) bond motifs is 3. The van der Waals surface area contributed by atoms with Crippen LogP contribution in [0, 0.1) is 0 Å². The Kier molecular flexibility index (Phi) is 4.77. The molecule has 0 aliphatic rings. The summed E-state index contributed by atoms with van der Waals surface area (Å²) in [6.45, 7) is 3.50. The quantitative estimate of drug-likeness (QED) is 0.666. The number of para-hydroxylation sites is 2. The molecule has 3 rings (SSSR count). The Morgan fingerprint density at radius 3 is 1.90 bits per heavy atom. The normalized spacial score (nSPS) is 11.2. The molecule has 1 heterocycles. The smallest absolute Gasteiger partial charge is 0.330 e. The summed E-state index contributed by atoms with van der Waals surface area (Å²) in [5.74, 6) is -0.827. The predicted molar refractivity (Wildman–Crippen MR) is 87.5 cm³/mol. The molecule has 0 saturated carbocycles. The Labute approximate surface area is 123 Å². The van der Waals surface area contributed by atoms with Gasteiger partial charge >= 0.3 is 5.97 Å². The van der Waals surface area contributed by atoms with Gasteiger partial charge in [0.1, 0.15) is 0 Å². The Hall–Kier alpha value is -2.55. The molecule has 3 nitrogen and oxygen atoms in total. The molecule has 3 heteroatoms. The van der Waals surface area contributed by atoms with E-state index in [1.54, 1.807) is 13.0 Å². The fourth-order valence-electron chi connectivity index (χ4n) is 2.19. The summed E-state index contributed by atoms with van der Waals surface area (Å²) in [5, 5.41) is 10.9. The summed E-state index contributed by atoms with van der Waals surface area (Å²) in [6.07, 6.45) is 2.47. The van der Waals surface area contributed by atoms with Gasteiger partial charge in [-0.05, 0) is 25.5 Å². The maximum Gasteiger partial charge on any atom is 0.330 e. The third-order valence-electron chi connectivity index (χ3n) is 3.26. The molecule has 0 amide bonds. The lowest BCUT2D eigenvalue weighted by Gasteiger charge is -1.87. The number of carbonyl (C=O) groups is 1. The fraction of sp³-hybridized carbons (Fsp3) is 0.167. The first-order valence-corrected chi connectivity index (χ1v) is 6.99. The molecule has 0 bridgehead atoms. The van der Waals surface area contributed by atoms with Gasteiger partial charge in [0, 0.05) is 27.4 Å². The molecule has 21 heavy (non-hydrogen) atoms. The van der Waals surface area contributed by atoms with Gasteiger partial charge in [-0.15, -0.1) is 0 Å². The van der Waals surface area contributed by atoms with Crippen LogP contribution in [0.5, 0.6) is 0 Å². The first-order valence-electron chi connectivity index (χ1n) is 6.99. The summed E-state index contributed by atoms with van der Waals surface area (Å²) >= 11 is 0. The predicted octanol–water partition coefficient (Wildman–Crippen LogP) is 4.75. The van der Waals surface area contributed by atoms with Gasteiger partial charge in [0.05, 0.1) is 0 Å². The number of rotatable bonds is 2. The number of nitrogens with one attached hydrogen (secondary N) is 1. The molecule has 0 spiro atoms. The van der Waals surface area contributed by atoms with Gasteiger partial charge < -0.3 is 10.1 Å². The number of carboxylic acid groups (broad SMARTS) is 1. The zero-order chi connectivity index (χ0) is 15.2. The van der Waals surface area contributed by atoms with E-state index in [1.807, 2.05) is 6.92 Å². The molecule has 108 valence electrons. The van der Waals surface area contributed by atoms with Crippen LogP contribution < -0.4 is 0 Å². The summed E-state index contributed by atoms with van der Waals surface area (Å²) in [7, 11) is 0. The van der Waals surface area contributed by atoms with Crippen molar-refractivity contribution in [3.63, 3.8) is 0 Å². The molecular formula is C18H19NO2. The van der Waals surface area contributed by atoms with Crippen LogP contribution in [0.3, 0.4) is 0 Å². The molecule has 0 fully saturated rings. The van der Waals surface area contributed by atoms with E-state index in [0.29, 0.717) is 5.57 Å².